The Kier molecular flexibility index (Phi) is 5.80. The van der Waals surface area contributed by atoms with Gasteiger partial charge in [0, 0.05) is 6.04 Å². The topological polar surface area (TPSA) is 44.5 Å². The van der Waals surface area contributed by atoms with Crippen LogP contribution in [-0.4, -0.2) is 31.0 Å². The molecule has 3 atom stereocenters. The SMILES string of the molecule is CC(C)(C)OCCOC1CC(c2ccccc2)CCC1N. The molecule has 2 rings (SSSR count). The maximum absolute atomic E-state index is 6.22. The summed E-state index contributed by atoms with van der Waals surface area (Å²) in [4.78, 5) is 0. The maximum Gasteiger partial charge on any atom is 0.0732 e. The first-order valence-corrected chi connectivity index (χ1v) is 8.02. The molecule has 1 saturated carbocycles. The predicted octanol–water partition coefficient (Wildman–Crippen LogP) is 3.48. The summed E-state index contributed by atoms with van der Waals surface area (Å²) in [5, 5.41) is 0. The van der Waals surface area contributed by atoms with E-state index in [1.54, 1.807) is 0 Å². The van der Waals surface area contributed by atoms with Gasteiger partial charge in [0.1, 0.15) is 0 Å². The molecule has 2 N–H and O–H groups in total. The molecule has 0 saturated heterocycles. The summed E-state index contributed by atoms with van der Waals surface area (Å²) in [6, 6.07) is 10.9. The van der Waals surface area contributed by atoms with E-state index in [1.807, 2.05) is 0 Å². The highest BCUT2D eigenvalue weighted by Gasteiger charge is 2.29. The highest BCUT2D eigenvalue weighted by Crippen LogP contribution is 2.33. The normalized spacial score (nSPS) is 26.8. The average Bonchev–Trinajstić information content (AvgIpc) is 2.45. The van der Waals surface area contributed by atoms with Gasteiger partial charge in [-0.15, -0.1) is 0 Å². The lowest BCUT2D eigenvalue weighted by atomic mass is 9.80. The maximum atomic E-state index is 6.22. The van der Waals surface area contributed by atoms with Crippen LogP contribution in [0, 0.1) is 0 Å². The van der Waals surface area contributed by atoms with Crippen molar-refractivity contribution in [3.63, 3.8) is 0 Å². The molecule has 0 heterocycles. The van der Waals surface area contributed by atoms with Crippen molar-refractivity contribution in [2.24, 2.45) is 5.73 Å². The van der Waals surface area contributed by atoms with Gasteiger partial charge in [-0.3, -0.25) is 0 Å². The van der Waals surface area contributed by atoms with Gasteiger partial charge in [0.15, 0.2) is 0 Å². The number of benzene rings is 1. The van der Waals surface area contributed by atoms with Crippen molar-refractivity contribution in [1.29, 1.82) is 0 Å². The Hall–Kier alpha value is -0.900. The van der Waals surface area contributed by atoms with E-state index in [0.29, 0.717) is 19.1 Å². The molecule has 0 aromatic heterocycles. The molecule has 1 aliphatic carbocycles. The molecule has 3 nitrogen and oxygen atoms in total. The minimum atomic E-state index is -0.107. The lowest BCUT2D eigenvalue weighted by Crippen LogP contribution is -2.42. The van der Waals surface area contributed by atoms with Crippen molar-refractivity contribution in [2.75, 3.05) is 13.2 Å². The third-order valence-electron chi connectivity index (χ3n) is 4.06. The Morgan fingerprint density at radius 2 is 1.81 bits per heavy atom. The van der Waals surface area contributed by atoms with Crippen molar-refractivity contribution in [3.05, 3.63) is 35.9 Å². The first-order valence-electron chi connectivity index (χ1n) is 8.02. The Labute approximate surface area is 128 Å². The molecule has 0 aliphatic heterocycles. The van der Waals surface area contributed by atoms with E-state index in [1.165, 1.54) is 5.56 Å². The van der Waals surface area contributed by atoms with Crippen LogP contribution in [-0.2, 0) is 9.47 Å². The minimum absolute atomic E-state index is 0.107. The number of hydrogen-bond acceptors (Lipinski definition) is 3. The van der Waals surface area contributed by atoms with E-state index < -0.39 is 0 Å². The van der Waals surface area contributed by atoms with Crippen LogP contribution in [0.25, 0.3) is 0 Å². The summed E-state index contributed by atoms with van der Waals surface area (Å²) in [5.41, 5.74) is 7.52. The van der Waals surface area contributed by atoms with E-state index in [2.05, 4.69) is 51.1 Å². The largest absolute Gasteiger partial charge is 0.374 e. The second kappa shape index (κ2) is 7.39. The van der Waals surface area contributed by atoms with Gasteiger partial charge in [0.2, 0.25) is 0 Å². The fourth-order valence-corrected chi connectivity index (χ4v) is 2.92. The molecule has 1 aromatic carbocycles. The van der Waals surface area contributed by atoms with Gasteiger partial charge in [0.25, 0.3) is 0 Å². The van der Waals surface area contributed by atoms with E-state index in [9.17, 15) is 0 Å². The number of ether oxygens (including phenoxy) is 2. The Bertz CT molecular complexity index is 413. The predicted molar refractivity (Wildman–Crippen MR) is 86.5 cm³/mol. The second-order valence-electron chi connectivity index (χ2n) is 6.95. The van der Waals surface area contributed by atoms with Crippen LogP contribution < -0.4 is 5.73 Å². The highest BCUT2D eigenvalue weighted by atomic mass is 16.5. The molecule has 1 fully saturated rings. The summed E-state index contributed by atoms with van der Waals surface area (Å²) >= 11 is 0. The molecule has 0 radical (unpaired) electrons. The molecule has 0 bridgehead atoms. The summed E-state index contributed by atoms with van der Waals surface area (Å²) in [6.45, 7) is 7.43. The van der Waals surface area contributed by atoms with Gasteiger partial charge in [-0.05, 0) is 51.5 Å². The fraction of sp³-hybridized carbons (Fsp3) is 0.667. The summed E-state index contributed by atoms with van der Waals surface area (Å²) in [6.07, 6.45) is 3.35. The zero-order valence-electron chi connectivity index (χ0n) is 13.5. The fourth-order valence-electron chi connectivity index (χ4n) is 2.92. The third-order valence-corrected chi connectivity index (χ3v) is 4.06. The molecule has 3 unspecified atom stereocenters. The molecule has 1 aromatic rings. The zero-order chi connectivity index (χ0) is 15.3. The Balaban J connectivity index is 1.81. The minimum Gasteiger partial charge on any atom is -0.374 e. The number of nitrogens with two attached hydrogens (primary N) is 1. The molecule has 21 heavy (non-hydrogen) atoms. The van der Waals surface area contributed by atoms with Gasteiger partial charge < -0.3 is 15.2 Å². The van der Waals surface area contributed by atoms with Gasteiger partial charge in [0.05, 0.1) is 24.9 Å². The van der Waals surface area contributed by atoms with Crippen LogP contribution in [0.4, 0.5) is 0 Å². The van der Waals surface area contributed by atoms with Crippen LogP contribution in [0.15, 0.2) is 30.3 Å². The van der Waals surface area contributed by atoms with Crippen molar-refractivity contribution in [2.45, 2.75) is 63.7 Å². The van der Waals surface area contributed by atoms with E-state index in [-0.39, 0.29) is 17.7 Å². The van der Waals surface area contributed by atoms with E-state index in [0.717, 1.165) is 19.3 Å². The summed E-state index contributed by atoms with van der Waals surface area (Å²) in [5.74, 6) is 0.569. The lowest BCUT2D eigenvalue weighted by molar-refractivity contribution is -0.0632. The highest BCUT2D eigenvalue weighted by molar-refractivity contribution is 5.20. The molecule has 0 spiro atoms. The van der Waals surface area contributed by atoms with Gasteiger partial charge in [-0.25, -0.2) is 0 Å². The van der Waals surface area contributed by atoms with Crippen molar-refractivity contribution >= 4 is 0 Å². The summed E-state index contributed by atoms with van der Waals surface area (Å²) < 4.78 is 11.7. The Morgan fingerprint density at radius 1 is 1.10 bits per heavy atom. The first kappa shape index (κ1) is 16.5. The number of rotatable bonds is 5. The number of hydrogen-bond donors (Lipinski definition) is 1. The van der Waals surface area contributed by atoms with E-state index >= 15 is 0 Å². The van der Waals surface area contributed by atoms with Gasteiger partial charge in [-0.2, -0.15) is 0 Å². The van der Waals surface area contributed by atoms with Crippen molar-refractivity contribution in [3.8, 4) is 0 Å². The second-order valence-corrected chi connectivity index (χ2v) is 6.95. The van der Waals surface area contributed by atoms with Crippen LogP contribution in [0.1, 0.15) is 51.5 Å². The zero-order valence-corrected chi connectivity index (χ0v) is 13.5. The van der Waals surface area contributed by atoms with Gasteiger partial charge >= 0.3 is 0 Å². The Morgan fingerprint density at radius 3 is 2.48 bits per heavy atom. The standard InChI is InChI=1S/C18H29NO2/c1-18(2,3)21-12-11-20-17-13-15(9-10-16(17)19)14-7-5-4-6-8-14/h4-8,15-17H,9-13,19H2,1-3H3. The van der Waals surface area contributed by atoms with Gasteiger partial charge in [-0.1, -0.05) is 30.3 Å². The summed E-state index contributed by atoms with van der Waals surface area (Å²) in [7, 11) is 0. The molecular formula is C18H29NO2. The monoisotopic (exact) mass is 291 g/mol. The first-order chi connectivity index (χ1) is 9.96. The smallest absolute Gasteiger partial charge is 0.0732 e. The van der Waals surface area contributed by atoms with Crippen molar-refractivity contribution in [1.82, 2.24) is 0 Å². The van der Waals surface area contributed by atoms with E-state index in [4.69, 9.17) is 15.2 Å². The van der Waals surface area contributed by atoms with Crippen LogP contribution >= 0.6 is 0 Å². The van der Waals surface area contributed by atoms with Crippen molar-refractivity contribution < 1.29 is 9.47 Å². The molecule has 1 aliphatic rings. The average molecular weight is 291 g/mol. The quantitative estimate of drug-likeness (QED) is 0.845. The lowest BCUT2D eigenvalue weighted by Gasteiger charge is -2.34. The van der Waals surface area contributed by atoms with Crippen LogP contribution in [0.5, 0.6) is 0 Å². The molecule has 118 valence electrons. The molecule has 3 heteroatoms. The van der Waals surface area contributed by atoms with Crippen LogP contribution in [0.2, 0.25) is 0 Å². The molecular weight excluding hydrogens is 262 g/mol. The van der Waals surface area contributed by atoms with Crippen LogP contribution in [0.3, 0.4) is 0 Å². The third kappa shape index (κ3) is 5.42. The molecule has 0 amide bonds.